The molecule has 2 saturated carbocycles. The van der Waals surface area contributed by atoms with Crippen LogP contribution < -0.4 is 25.2 Å². The van der Waals surface area contributed by atoms with E-state index in [-0.39, 0.29) is 23.6 Å². The van der Waals surface area contributed by atoms with Crippen LogP contribution in [-0.4, -0.2) is 61.0 Å². The molecule has 2 aromatic rings. The SMILES string of the molecule is COc1cc(C(=O)NCC2CCCCC2)ccc1Nc1ncc2c(n1)N(C1CCCC1)CC(F)(F)C(=O)N2C. The number of nitrogens with zero attached hydrogens (tertiary/aromatic N) is 4. The summed E-state index contributed by atoms with van der Waals surface area (Å²) in [7, 11) is 2.83. The van der Waals surface area contributed by atoms with Crippen LogP contribution >= 0.6 is 0 Å². The van der Waals surface area contributed by atoms with Crippen molar-refractivity contribution in [2.45, 2.75) is 69.8 Å². The number of carbonyl (C=O) groups excluding carboxylic acids is 2. The van der Waals surface area contributed by atoms with E-state index in [9.17, 15) is 18.4 Å². The molecule has 2 heterocycles. The smallest absolute Gasteiger partial charge is 0.342 e. The highest BCUT2D eigenvalue weighted by Crippen LogP contribution is 2.40. The zero-order chi connectivity index (χ0) is 27.6. The summed E-state index contributed by atoms with van der Waals surface area (Å²) in [6.07, 6.45) is 10.8. The minimum Gasteiger partial charge on any atom is -0.495 e. The molecule has 3 aliphatic rings. The summed E-state index contributed by atoms with van der Waals surface area (Å²) in [5.74, 6) is -3.55. The largest absolute Gasteiger partial charge is 0.495 e. The van der Waals surface area contributed by atoms with Gasteiger partial charge >= 0.3 is 5.92 Å². The number of anilines is 4. The van der Waals surface area contributed by atoms with Crippen molar-refractivity contribution in [2.24, 2.45) is 5.92 Å². The first-order valence-corrected chi connectivity index (χ1v) is 13.8. The zero-order valence-electron chi connectivity index (χ0n) is 22.5. The van der Waals surface area contributed by atoms with Gasteiger partial charge in [0.05, 0.1) is 25.5 Å². The van der Waals surface area contributed by atoms with Crippen LogP contribution in [0.4, 0.5) is 31.9 Å². The Morgan fingerprint density at radius 3 is 2.56 bits per heavy atom. The van der Waals surface area contributed by atoms with Crippen LogP contribution in [0.5, 0.6) is 5.75 Å². The van der Waals surface area contributed by atoms with Gasteiger partial charge in [-0.1, -0.05) is 32.1 Å². The maximum Gasteiger partial charge on any atom is 0.342 e. The fourth-order valence-electron chi connectivity index (χ4n) is 5.89. The molecule has 11 heteroatoms. The van der Waals surface area contributed by atoms with Gasteiger partial charge in [0.2, 0.25) is 5.95 Å². The normalized spacial score (nSPS) is 19.9. The molecule has 5 rings (SSSR count). The molecule has 0 spiro atoms. The first-order valence-electron chi connectivity index (χ1n) is 13.8. The predicted molar refractivity (Wildman–Crippen MR) is 145 cm³/mol. The highest BCUT2D eigenvalue weighted by molar-refractivity contribution is 6.02. The molecule has 0 saturated heterocycles. The van der Waals surface area contributed by atoms with E-state index in [4.69, 9.17) is 4.74 Å². The second kappa shape index (κ2) is 11.3. The van der Waals surface area contributed by atoms with Crippen molar-refractivity contribution in [2.75, 3.05) is 42.4 Å². The Kier molecular flexibility index (Phi) is 7.86. The van der Waals surface area contributed by atoms with Gasteiger partial charge in [-0.3, -0.25) is 9.59 Å². The molecule has 0 bridgehead atoms. The van der Waals surface area contributed by atoms with Crippen molar-refractivity contribution in [3.05, 3.63) is 30.0 Å². The molecule has 2 aliphatic carbocycles. The Morgan fingerprint density at radius 2 is 1.85 bits per heavy atom. The highest BCUT2D eigenvalue weighted by atomic mass is 19.3. The average Bonchev–Trinajstić information content (AvgIpc) is 3.47. The minimum atomic E-state index is -3.54. The second-order valence-electron chi connectivity index (χ2n) is 10.8. The number of ether oxygens (including phenoxy) is 1. The lowest BCUT2D eigenvalue weighted by Gasteiger charge is -2.31. The molecule has 2 amide bonds. The standard InChI is InChI=1S/C28H36F2N6O3/c1-35-22-16-32-27(34-24(22)36(20-10-6-7-11-20)17-28(29,30)26(35)38)33-21-13-12-19(14-23(21)39-2)25(37)31-15-18-8-4-3-5-9-18/h12-14,16,18,20H,3-11,15,17H2,1-2H3,(H,31,37)(H,32,33,34). The number of carbonyl (C=O) groups is 2. The molecule has 1 aromatic carbocycles. The van der Waals surface area contributed by atoms with Gasteiger partial charge in [-0.15, -0.1) is 0 Å². The third kappa shape index (κ3) is 5.77. The predicted octanol–water partition coefficient (Wildman–Crippen LogP) is 4.90. The van der Waals surface area contributed by atoms with E-state index < -0.39 is 18.4 Å². The molecule has 1 aliphatic heterocycles. The number of alkyl halides is 2. The lowest BCUT2D eigenvalue weighted by molar-refractivity contribution is -0.140. The number of methoxy groups -OCH3 is 1. The number of hydrogen-bond acceptors (Lipinski definition) is 7. The van der Waals surface area contributed by atoms with Gasteiger partial charge in [-0.25, -0.2) is 4.98 Å². The molecular formula is C28H36F2N6O3. The number of rotatable bonds is 7. The summed E-state index contributed by atoms with van der Waals surface area (Å²) < 4.78 is 35.2. The minimum absolute atomic E-state index is 0.127. The van der Waals surface area contributed by atoms with Gasteiger partial charge in [-0.2, -0.15) is 13.8 Å². The van der Waals surface area contributed by atoms with Crippen LogP contribution in [0.25, 0.3) is 0 Å². The Hall–Kier alpha value is -3.50. The van der Waals surface area contributed by atoms with E-state index in [0.717, 1.165) is 43.4 Å². The number of aromatic nitrogens is 2. The van der Waals surface area contributed by atoms with Crippen LogP contribution in [0.1, 0.15) is 68.1 Å². The topological polar surface area (TPSA) is 99.7 Å². The van der Waals surface area contributed by atoms with E-state index in [1.54, 1.807) is 23.1 Å². The summed E-state index contributed by atoms with van der Waals surface area (Å²) >= 11 is 0. The highest BCUT2D eigenvalue weighted by Gasteiger charge is 2.48. The van der Waals surface area contributed by atoms with Crippen molar-refractivity contribution >= 4 is 35.0 Å². The van der Waals surface area contributed by atoms with E-state index in [1.807, 2.05) is 0 Å². The molecule has 210 valence electrons. The van der Waals surface area contributed by atoms with Crippen LogP contribution in [-0.2, 0) is 4.79 Å². The summed E-state index contributed by atoms with van der Waals surface area (Å²) in [6.45, 7) is -0.0596. The fraction of sp³-hybridized carbons (Fsp3) is 0.571. The Balaban J connectivity index is 1.37. The van der Waals surface area contributed by atoms with Gasteiger partial charge < -0.3 is 25.2 Å². The number of halogens is 2. The third-order valence-corrected chi connectivity index (χ3v) is 8.12. The Bertz CT molecular complexity index is 1210. The van der Waals surface area contributed by atoms with Crippen molar-refractivity contribution in [1.82, 2.24) is 15.3 Å². The molecular weight excluding hydrogens is 506 g/mol. The molecule has 2 fully saturated rings. The molecule has 2 N–H and O–H groups in total. The summed E-state index contributed by atoms with van der Waals surface area (Å²) in [5, 5.41) is 6.14. The lowest BCUT2D eigenvalue weighted by Crippen LogP contribution is -2.48. The van der Waals surface area contributed by atoms with E-state index in [2.05, 4.69) is 20.6 Å². The maximum atomic E-state index is 14.8. The van der Waals surface area contributed by atoms with Gasteiger partial charge in [0.25, 0.3) is 11.8 Å². The van der Waals surface area contributed by atoms with Gasteiger partial charge in [-0.05, 0) is 49.8 Å². The number of fused-ring (bicyclic) bond motifs is 1. The second-order valence-corrected chi connectivity index (χ2v) is 10.8. The van der Waals surface area contributed by atoms with Crippen molar-refractivity contribution in [3.8, 4) is 5.75 Å². The number of hydrogen-bond donors (Lipinski definition) is 2. The van der Waals surface area contributed by atoms with Crippen LogP contribution in [0, 0.1) is 5.92 Å². The summed E-state index contributed by atoms with van der Waals surface area (Å²) in [6, 6.07) is 4.93. The Labute approximate surface area is 227 Å². The first kappa shape index (κ1) is 27.1. The molecule has 0 radical (unpaired) electrons. The van der Waals surface area contributed by atoms with Crippen molar-refractivity contribution < 1.29 is 23.1 Å². The fourth-order valence-corrected chi connectivity index (χ4v) is 5.89. The number of benzene rings is 1. The van der Waals surface area contributed by atoms with E-state index in [1.165, 1.54) is 39.6 Å². The Morgan fingerprint density at radius 1 is 1.13 bits per heavy atom. The number of nitrogens with one attached hydrogen (secondary N) is 2. The van der Waals surface area contributed by atoms with Crippen LogP contribution in [0.3, 0.4) is 0 Å². The van der Waals surface area contributed by atoms with Crippen molar-refractivity contribution in [3.63, 3.8) is 0 Å². The van der Waals surface area contributed by atoms with Gasteiger partial charge in [0.15, 0.2) is 5.82 Å². The quantitative estimate of drug-likeness (QED) is 0.513. The lowest BCUT2D eigenvalue weighted by atomic mass is 9.89. The maximum absolute atomic E-state index is 14.8. The van der Waals surface area contributed by atoms with Gasteiger partial charge in [0, 0.05) is 25.2 Å². The number of amides is 2. The molecule has 0 unspecified atom stereocenters. The first-order chi connectivity index (χ1) is 18.8. The molecule has 1 aromatic heterocycles. The van der Waals surface area contributed by atoms with Crippen LogP contribution in [0.2, 0.25) is 0 Å². The molecule has 39 heavy (non-hydrogen) atoms. The van der Waals surface area contributed by atoms with Crippen LogP contribution in [0.15, 0.2) is 24.4 Å². The zero-order valence-corrected chi connectivity index (χ0v) is 22.5. The monoisotopic (exact) mass is 542 g/mol. The van der Waals surface area contributed by atoms with E-state index in [0.29, 0.717) is 35.3 Å². The summed E-state index contributed by atoms with van der Waals surface area (Å²) in [4.78, 5) is 36.7. The summed E-state index contributed by atoms with van der Waals surface area (Å²) in [5.41, 5.74) is 1.24. The van der Waals surface area contributed by atoms with Crippen molar-refractivity contribution in [1.29, 1.82) is 0 Å². The molecule has 0 atom stereocenters. The van der Waals surface area contributed by atoms with E-state index >= 15 is 0 Å². The molecule has 9 nitrogen and oxygen atoms in total. The van der Waals surface area contributed by atoms with Gasteiger partial charge in [0.1, 0.15) is 11.4 Å². The average molecular weight is 543 g/mol. The third-order valence-electron chi connectivity index (χ3n) is 8.12.